The van der Waals surface area contributed by atoms with Gasteiger partial charge in [0, 0.05) is 31.7 Å². The summed E-state index contributed by atoms with van der Waals surface area (Å²) in [5, 5.41) is 3.52. The lowest BCUT2D eigenvalue weighted by Gasteiger charge is -2.35. The molecule has 4 nitrogen and oxygen atoms in total. The molecule has 2 aliphatic rings. The molecule has 82 valence electrons. The van der Waals surface area contributed by atoms with E-state index in [2.05, 4.69) is 5.32 Å². The molecule has 2 fully saturated rings. The first-order chi connectivity index (χ1) is 6.79. The van der Waals surface area contributed by atoms with Gasteiger partial charge < -0.3 is 20.5 Å². The molecule has 0 bridgehead atoms. The summed E-state index contributed by atoms with van der Waals surface area (Å²) in [4.78, 5) is 0. The topological polar surface area (TPSA) is 56.5 Å². The van der Waals surface area contributed by atoms with Crippen molar-refractivity contribution in [1.82, 2.24) is 5.32 Å². The summed E-state index contributed by atoms with van der Waals surface area (Å²) in [6, 6.07) is 0.855. The molecular weight excluding hydrogens is 180 g/mol. The van der Waals surface area contributed by atoms with Crippen LogP contribution in [0.1, 0.15) is 12.8 Å². The van der Waals surface area contributed by atoms with Gasteiger partial charge >= 0.3 is 0 Å². The number of nitrogens with one attached hydrogen (secondary N) is 1. The van der Waals surface area contributed by atoms with Crippen molar-refractivity contribution in [3.63, 3.8) is 0 Å². The van der Waals surface area contributed by atoms with Gasteiger partial charge in [-0.15, -0.1) is 0 Å². The van der Waals surface area contributed by atoms with Crippen molar-refractivity contribution in [3.05, 3.63) is 0 Å². The van der Waals surface area contributed by atoms with Crippen LogP contribution in [-0.4, -0.2) is 45.1 Å². The third-order valence-electron chi connectivity index (χ3n) is 3.34. The van der Waals surface area contributed by atoms with Crippen molar-refractivity contribution < 1.29 is 9.47 Å². The molecule has 2 atom stereocenters. The zero-order chi connectivity index (χ0) is 9.97. The third-order valence-corrected chi connectivity index (χ3v) is 3.34. The summed E-state index contributed by atoms with van der Waals surface area (Å²) in [5.74, 6) is 0.497. The molecule has 2 rings (SSSR count). The molecule has 1 aliphatic carbocycles. The number of hydrogen-bond acceptors (Lipinski definition) is 4. The van der Waals surface area contributed by atoms with Gasteiger partial charge in [0.2, 0.25) is 0 Å². The van der Waals surface area contributed by atoms with E-state index in [0.717, 1.165) is 32.6 Å². The zero-order valence-electron chi connectivity index (χ0n) is 8.74. The van der Waals surface area contributed by atoms with Gasteiger partial charge in [-0.3, -0.25) is 0 Å². The molecule has 1 heterocycles. The summed E-state index contributed by atoms with van der Waals surface area (Å²) < 4.78 is 10.5. The minimum Gasteiger partial charge on any atom is -0.381 e. The third kappa shape index (κ3) is 2.25. The molecule has 4 heteroatoms. The minimum atomic E-state index is 0.223. The highest BCUT2D eigenvalue weighted by Crippen LogP contribution is 2.23. The number of hydrogen-bond donors (Lipinski definition) is 2. The Hall–Kier alpha value is -0.160. The van der Waals surface area contributed by atoms with Crippen molar-refractivity contribution in [1.29, 1.82) is 0 Å². The number of methoxy groups -OCH3 is 1. The van der Waals surface area contributed by atoms with E-state index in [1.165, 1.54) is 0 Å². The fourth-order valence-electron chi connectivity index (χ4n) is 2.07. The van der Waals surface area contributed by atoms with Gasteiger partial charge in [-0.2, -0.15) is 0 Å². The van der Waals surface area contributed by atoms with Crippen LogP contribution in [0.3, 0.4) is 0 Å². The molecule has 0 aromatic rings. The van der Waals surface area contributed by atoms with Gasteiger partial charge in [-0.05, 0) is 12.8 Å². The van der Waals surface area contributed by atoms with Crippen molar-refractivity contribution in [2.45, 2.75) is 31.0 Å². The van der Waals surface area contributed by atoms with E-state index in [9.17, 15) is 0 Å². The predicted molar refractivity (Wildman–Crippen MR) is 54.1 cm³/mol. The monoisotopic (exact) mass is 200 g/mol. The first kappa shape index (κ1) is 10.4. The minimum absolute atomic E-state index is 0.223. The molecule has 1 aliphatic heterocycles. The van der Waals surface area contributed by atoms with Crippen molar-refractivity contribution >= 4 is 0 Å². The van der Waals surface area contributed by atoms with Gasteiger partial charge in [0.15, 0.2) is 0 Å². The molecule has 0 radical (unpaired) electrons. The maximum absolute atomic E-state index is 5.89. The van der Waals surface area contributed by atoms with Crippen LogP contribution in [0.5, 0.6) is 0 Å². The standard InChI is InChI=1S/C10H20N2O2/c1-13-9-2-8(3-9)12-4-7-5-14-6-10(7)11/h7-10,12H,2-6,11H2,1H3. The smallest absolute Gasteiger partial charge is 0.0621 e. The van der Waals surface area contributed by atoms with Crippen LogP contribution in [0.4, 0.5) is 0 Å². The van der Waals surface area contributed by atoms with E-state index in [1.807, 2.05) is 0 Å². The Labute approximate surface area is 85.1 Å². The van der Waals surface area contributed by atoms with Crippen LogP contribution < -0.4 is 11.1 Å². The highest BCUT2D eigenvalue weighted by Gasteiger charge is 2.31. The molecule has 1 saturated carbocycles. The van der Waals surface area contributed by atoms with Gasteiger partial charge in [0.25, 0.3) is 0 Å². The summed E-state index contributed by atoms with van der Waals surface area (Å²) in [5.41, 5.74) is 5.89. The summed E-state index contributed by atoms with van der Waals surface area (Å²) in [6.45, 7) is 2.52. The number of rotatable bonds is 4. The number of nitrogens with two attached hydrogens (primary N) is 1. The molecule has 0 aromatic carbocycles. The highest BCUT2D eigenvalue weighted by molar-refractivity contribution is 4.88. The van der Waals surface area contributed by atoms with Crippen molar-refractivity contribution in [2.75, 3.05) is 26.9 Å². The summed E-state index contributed by atoms with van der Waals surface area (Å²) in [6.07, 6.45) is 2.75. The largest absolute Gasteiger partial charge is 0.381 e. The molecule has 0 spiro atoms. The van der Waals surface area contributed by atoms with E-state index in [-0.39, 0.29) is 6.04 Å². The van der Waals surface area contributed by atoms with Crippen LogP contribution in [0.15, 0.2) is 0 Å². The van der Waals surface area contributed by atoms with Crippen LogP contribution in [-0.2, 0) is 9.47 Å². The fraction of sp³-hybridized carbons (Fsp3) is 1.00. The Morgan fingerprint density at radius 1 is 1.43 bits per heavy atom. The normalized spacial score (nSPS) is 42.4. The van der Waals surface area contributed by atoms with Crippen molar-refractivity contribution in [2.24, 2.45) is 11.7 Å². The Bertz CT molecular complexity index is 183. The Morgan fingerprint density at radius 2 is 2.21 bits per heavy atom. The molecule has 0 aromatic heterocycles. The molecule has 3 N–H and O–H groups in total. The molecule has 2 unspecified atom stereocenters. The SMILES string of the molecule is COC1CC(NCC2COCC2N)C1. The molecule has 1 saturated heterocycles. The van der Waals surface area contributed by atoms with Crippen LogP contribution >= 0.6 is 0 Å². The Kier molecular flexibility index (Phi) is 3.38. The van der Waals surface area contributed by atoms with E-state index >= 15 is 0 Å². The van der Waals surface area contributed by atoms with Gasteiger partial charge in [0.05, 0.1) is 19.3 Å². The van der Waals surface area contributed by atoms with Crippen molar-refractivity contribution in [3.8, 4) is 0 Å². The lowest BCUT2D eigenvalue weighted by Crippen LogP contribution is -2.48. The second-order valence-corrected chi connectivity index (χ2v) is 4.40. The second kappa shape index (κ2) is 4.57. The quantitative estimate of drug-likeness (QED) is 0.656. The lowest BCUT2D eigenvalue weighted by atomic mass is 9.88. The predicted octanol–water partition coefficient (Wildman–Crippen LogP) is -0.273. The summed E-state index contributed by atoms with van der Waals surface area (Å²) >= 11 is 0. The average molecular weight is 200 g/mol. The maximum atomic E-state index is 5.89. The summed E-state index contributed by atoms with van der Waals surface area (Å²) in [7, 11) is 1.78. The zero-order valence-corrected chi connectivity index (χ0v) is 8.74. The van der Waals surface area contributed by atoms with Gasteiger partial charge in [-0.1, -0.05) is 0 Å². The molecular formula is C10H20N2O2. The second-order valence-electron chi connectivity index (χ2n) is 4.40. The molecule has 14 heavy (non-hydrogen) atoms. The first-order valence-electron chi connectivity index (χ1n) is 5.39. The van der Waals surface area contributed by atoms with E-state index < -0.39 is 0 Å². The van der Waals surface area contributed by atoms with Gasteiger partial charge in [-0.25, -0.2) is 0 Å². The Balaban J connectivity index is 1.59. The Morgan fingerprint density at radius 3 is 2.79 bits per heavy atom. The maximum Gasteiger partial charge on any atom is 0.0621 e. The van der Waals surface area contributed by atoms with E-state index in [1.54, 1.807) is 7.11 Å². The van der Waals surface area contributed by atoms with Crippen LogP contribution in [0, 0.1) is 5.92 Å². The molecule has 0 amide bonds. The van der Waals surface area contributed by atoms with E-state index in [4.69, 9.17) is 15.2 Å². The van der Waals surface area contributed by atoms with Gasteiger partial charge in [0.1, 0.15) is 0 Å². The number of ether oxygens (including phenoxy) is 2. The highest BCUT2D eigenvalue weighted by atomic mass is 16.5. The lowest BCUT2D eigenvalue weighted by molar-refractivity contribution is 0.0163. The average Bonchev–Trinajstić information content (AvgIpc) is 2.49. The fourth-order valence-corrected chi connectivity index (χ4v) is 2.07. The van der Waals surface area contributed by atoms with E-state index in [0.29, 0.717) is 18.1 Å². The first-order valence-corrected chi connectivity index (χ1v) is 5.39. The van der Waals surface area contributed by atoms with Crippen LogP contribution in [0.25, 0.3) is 0 Å². The van der Waals surface area contributed by atoms with Crippen LogP contribution in [0.2, 0.25) is 0 Å².